The van der Waals surface area contributed by atoms with Gasteiger partial charge in [0.05, 0.1) is 0 Å². The van der Waals surface area contributed by atoms with Gasteiger partial charge in [-0.15, -0.1) is 0 Å². The van der Waals surface area contributed by atoms with Crippen LogP contribution in [-0.4, -0.2) is 11.0 Å². The molecule has 0 aliphatic carbocycles. The Balaban J connectivity index is 2.27. The van der Waals surface area contributed by atoms with Crippen LogP contribution in [-0.2, 0) is 6.42 Å². The number of hydrogen-bond acceptors (Lipinski definition) is 1. The maximum atomic E-state index is 3.57. The molecule has 1 aromatic carbocycles. The number of nitrogens with one attached hydrogen (secondary N) is 2. The Morgan fingerprint density at radius 3 is 2.87 bits per heavy atom. The van der Waals surface area contributed by atoms with Gasteiger partial charge < -0.3 is 10.3 Å². The number of aromatic nitrogens is 1. The van der Waals surface area contributed by atoms with E-state index in [-0.39, 0.29) is 0 Å². The van der Waals surface area contributed by atoms with Crippen LogP contribution in [0.5, 0.6) is 0 Å². The van der Waals surface area contributed by atoms with E-state index in [1.54, 1.807) is 0 Å². The number of para-hydroxylation sites is 1. The molecule has 0 saturated carbocycles. The van der Waals surface area contributed by atoms with Crippen molar-refractivity contribution in [2.45, 2.75) is 32.4 Å². The van der Waals surface area contributed by atoms with Crippen molar-refractivity contribution in [2.75, 3.05) is 0 Å². The Morgan fingerprint density at radius 1 is 1.20 bits per heavy atom. The molecule has 2 N–H and O–H groups in total. The van der Waals surface area contributed by atoms with Gasteiger partial charge in [-0.3, -0.25) is 0 Å². The average Bonchev–Trinajstić information content (AvgIpc) is 2.57. The summed E-state index contributed by atoms with van der Waals surface area (Å²) in [5.74, 6) is 0. The summed E-state index contributed by atoms with van der Waals surface area (Å²) < 4.78 is 0. The van der Waals surface area contributed by atoms with Gasteiger partial charge in [-0.2, -0.15) is 0 Å². The highest BCUT2D eigenvalue weighted by Gasteiger charge is 2.23. The zero-order valence-electron chi connectivity index (χ0n) is 9.17. The normalized spacial score (nSPS) is 25.5. The van der Waals surface area contributed by atoms with E-state index in [1.807, 2.05) is 0 Å². The first-order valence-electron chi connectivity index (χ1n) is 5.61. The SMILES string of the molecule is C[C@@H]1Cc2c([nH]c3ccccc23)[C@@H](C)N1. The molecular formula is C13H16N2. The Morgan fingerprint density at radius 2 is 2.00 bits per heavy atom. The van der Waals surface area contributed by atoms with Gasteiger partial charge in [-0.05, 0) is 31.9 Å². The molecule has 1 aliphatic heterocycles. The van der Waals surface area contributed by atoms with Gasteiger partial charge in [0, 0.05) is 28.7 Å². The number of benzene rings is 1. The van der Waals surface area contributed by atoms with Gasteiger partial charge in [0.25, 0.3) is 0 Å². The molecule has 1 aromatic heterocycles. The van der Waals surface area contributed by atoms with E-state index in [4.69, 9.17) is 0 Å². The molecule has 3 rings (SSSR count). The minimum absolute atomic E-state index is 0.441. The van der Waals surface area contributed by atoms with E-state index in [1.165, 1.54) is 22.2 Å². The average molecular weight is 200 g/mol. The molecular weight excluding hydrogens is 184 g/mol. The summed E-state index contributed by atoms with van der Waals surface area (Å²) in [5, 5.41) is 4.96. The van der Waals surface area contributed by atoms with Crippen LogP contribution in [0.1, 0.15) is 31.1 Å². The standard InChI is InChI=1S/C13H16N2/c1-8-7-11-10-5-3-4-6-12(10)15-13(11)9(2)14-8/h3-6,8-9,14-15H,7H2,1-2H3/t8-,9-/m1/s1. The maximum Gasteiger partial charge on any atom is 0.0459 e. The summed E-state index contributed by atoms with van der Waals surface area (Å²) >= 11 is 0. The van der Waals surface area contributed by atoms with E-state index in [0.717, 1.165) is 6.42 Å². The van der Waals surface area contributed by atoms with Crippen molar-refractivity contribution in [2.24, 2.45) is 0 Å². The van der Waals surface area contributed by atoms with Crippen LogP contribution in [0.2, 0.25) is 0 Å². The van der Waals surface area contributed by atoms with E-state index in [0.29, 0.717) is 12.1 Å². The quantitative estimate of drug-likeness (QED) is 0.672. The second kappa shape index (κ2) is 3.11. The molecule has 0 radical (unpaired) electrons. The number of rotatable bonds is 0. The van der Waals surface area contributed by atoms with Gasteiger partial charge in [0.1, 0.15) is 0 Å². The Bertz CT molecular complexity index is 498. The summed E-state index contributed by atoms with van der Waals surface area (Å²) in [6.07, 6.45) is 1.13. The van der Waals surface area contributed by atoms with E-state index in [2.05, 4.69) is 48.4 Å². The third-order valence-electron chi connectivity index (χ3n) is 3.32. The van der Waals surface area contributed by atoms with Crippen molar-refractivity contribution in [3.63, 3.8) is 0 Å². The van der Waals surface area contributed by atoms with E-state index in [9.17, 15) is 0 Å². The van der Waals surface area contributed by atoms with Crippen molar-refractivity contribution in [1.29, 1.82) is 0 Å². The summed E-state index contributed by atoms with van der Waals surface area (Å²) in [6, 6.07) is 9.60. The predicted molar refractivity (Wildman–Crippen MR) is 63.0 cm³/mol. The van der Waals surface area contributed by atoms with Crippen molar-refractivity contribution in [3.05, 3.63) is 35.5 Å². The lowest BCUT2D eigenvalue weighted by Gasteiger charge is -2.26. The summed E-state index contributed by atoms with van der Waals surface area (Å²) in [4.78, 5) is 3.52. The Hall–Kier alpha value is -1.28. The highest BCUT2D eigenvalue weighted by Crippen LogP contribution is 2.31. The Kier molecular flexibility index (Phi) is 1.86. The topological polar surface area (TPSA) is 27.8 Å². The molecule has 0 amide bonds. The van der Waals surface area contributed by atoms with Gasteiger partial charge in [-0.1, -0.05) is 18.2 Å². The second-order valence-electron chi connectivity index (χ2n) is 4.56. The monoisotopic (exact) mass is 200 g/mol. The first-order chi connectivity index (χ1) is 7.25. The van der Waals surface area contributed by atoms with Crippen LogP contribution in [0.3, 0.4) is 0 Å². The largest absolute Gasteiger partial charge is 0.357 e. The molecule has 78 valence electrons. The van der Waals surface area contributed by atoms with Crippen LogP contribution in [0.4, 0.5) is 0 Å². The van der Waals surface area contributed by atoms with Crippen molar-refractivity contribution < 1.29 is 0 Å². The molecule has 0 fully saturated rings. The predicted octanol–water partition coefficient (Wildman–Crippen LogP) is 2.76. The molecule has 2 aromatic rings. The van der Waals surface area contributed by atoms with Crippen LogP contribution < -0.4 is 5.32 Å². The molecule has 0 spiro atoms. The molecule has 2 atom stereocenters. The van der Waals surface area contributed by atoms with Crippen LogP contribution in [0.15, 0.2) is 24.3 Å². The van der Waals surface area contributed by atoms with Crippen molar-refractivity contribution in [3.8, 4) is 0 Å². The molecule has 0 unspecified atom stereocenters. The summed E-state index contributed by atoms with van der Waals surface area (Å²) in [6.45, 7) is 4.48. The summed E-state index contributed by atoms with van der Waals surface area (Å²) in [7, 11) is 0. The highest BCUT2D eigenvalue weighted by atomic mass is 15.0. The van der Waals surface area contributed by atoms with E-state index >= 15 is 0 Å². The minimum atomic E-state index is 0.441. The van der Waals surface area contributed by atoms with Crippen LogP contribution in [0.25, 0.3) is 10.9 Å². The fraction of sp³-hybridized carbons (Fsp3) is 0.385. The van der Waals surface area contributed by atoms with Gasteiger partial charge >= 0.3 is 0 Å². The van der Waals surface area contributed by atoms with Crippen molar-refractivity contribution >= 4 is 10.9 Å². The third kappa shape index (κ3) is 1.29. The zero-order valence-corrected chi connectivity index (χ0v) is 9.17. The fourth-order valence-corrected chi connectivity index (χ4v) is 2.69. The second-order valence-corrected chi connectivity index (χ2v) is 4.56. The highest BCUT2D eigenvalue weighted by molar-refractivity contribution is 5.85. The first-order valence-corrected chi connectivity index (χ1v) is 5.61. The van der Waals surface area contributed by atoms with Crippen LogP contribution >= 0.6 is 0 Å². The Labute approximate surface area is 89.7 Å². The zero-order chi connectivity index (χ0) is 10.4. The first kappa shape index (κ1) is 8.98. The fourth-order valence-electron chi connectivity index (χ4n) is 2.69. The van der Waals surface area contributed by atoms with Crippen LogP contribution in [0, 0.1) is 0 Å². The lowest BCUT2D eigenvalue weighted by Crippen LogP contribution is -2.35. The molecule has 0 saturated heterocycles. The minimum Gasteiger partial charge on any atom is -0.357 e. The van der Waals surface area contributed by atoms with Gasteiger partial charge in [-0.25, -0.2) is 0 Å². The third-order valence-corrected chi connectivity index (χ3v) is 3.32. The van der Waals surface area contributed by atoms with Gasteiger partial charge in [0.2, 0.25) is 0 Å². The maximum absolute atomic E-state index is 3.57. The lowest BCUT2D eigenvalue weighted by atomic mass is 9.96. The number of aromatic amines is 1. The number of fused-ring (bicyclic) bond motifs is 3. The molecule has 2 heteroatoms. The van der Waals surface area contributed by atoms with Crippen molar-refractivity contribution in [1.82, 2.24) is 10.3 Å². The number of H-pyrrole nitrogens is 1. The smallest absolute Gasteiger partial charge is 0.0459 e. The molecule has 1 aliphatic rings. The lowest BCUT2D eigenvalue weighted by molar-refractivity contribution is 0.441. The van der Waals surface area contributed by atoms with Gasteiger partial charge in [0.15, 0.2) is 0 Å². The number of hydrogen-bond donors (Lipinski definition) is 2. The molecule has 0 bridgehead atoms. The molecule has 2 heterocycles. The molecule has 2 nitrogen and oxygen atoms in total. The molecule has 15 heavy (non-hydrogen) atoms. The van der Waals surface area contributed by atoms with E-state index < -0.39 is 0 Å². The summed E-state index contributed by atoms with van der Waals surface area (Å²) in [5.41, 5.74) is 4.14.